The summed E-state index contributed by atoms with van der Waals surface area (Å²) in [5.41, 5.74) is 0.844. The summed E-state index contributed by atoms with van der Waals surface area (Å²) in [4.78, 5) is 26.0. The first-order valence-corrected chi connectivity index (χ1v) is 8.62. The minimum atomic E-state index is -4.78. The van der Waals surface area contributed by atoms with Gasteiger partial charge in [0, 0.05) is 37.3 Å². The third kappa shape index (κ3) is 4.65. The minimum absolute atomic E-state index is 0.179. The van der Waals surface area contributed by atoms with Gasteiger partial charge in [0.05, 0.1) is 6.54 Å². The van der Waals surface area contributed by atoms with Crippen molar-refractivity contribution in [2.45, 2.75) is 25.8 Å². The lowest BCUT2D eigenvalue weighted by atomic mass is 10.2. The molecular formula is C19H19F3N2O4. The first-order valence-electron chi connectivity index (χ1n) is 8.62. The number of ether oxygens (including phenoxy) is 2. The molecule has 6 nitrogen and oxygen atoms in total. The molecule has 1 aromatic heterocycles. The standard InChI is InChI=1S/C19H19F3N2O4/c1-12-9-16(10-17(25)23(12)2)27-15-7-8-24(11-15)18(26)13-3-5-14(6-4-13)28-19(20,21)22/h3-6,9-10,15H,7-8,11H2,1-2H3. The van der Waals surface area contributed by atoms with Crippen molar-refractivity contribution in [1.29, 1.82) is 0 Å². The molecule has 2 aromatic rings. The molecule has 1 fully saturated rings. The van der Waals surface area contributed by atoms with Crippen molar-refractivity contribution in [1.82, 2.24) is 9.47 Å². The molecule has 0 saturated carbocycles. The van der Waals surface area contributed by atoms with Gasteiger partial charge in [0.25, 0.3) is 11.5 Å². The van der Waals surface area contributed by atoms with E-state index in [-0.39, 0.29) is 28.9 Å². The second-order valence-electron chi connectivity index (χ2n) is 6.58. The van der Waals surface area contributed by atoms with Crippen molar-refractivity contribution in [3.63, 3.8) is 0 Å². The highest BCUT2D eigenvalue weighted by molar-refractivity contribution is 5.94. The number of rotatable bonds is 4. The van der Waals surface area contributed by atoms with Crippen LogP contribution >= 0.6 is 0 Å². The van der Waals surface area contributed by atoms with Crippen LogP contribution in [0.4, 0.5) is 13.2 Å². The van der Waals surface area contributed by atoms with Crippen LogP contribution in [0.2, 0.25) is 0 Å². The highest BCUT2D eigenvalue weighted by Crippen LogP contribution is 2.24. The van der Waals surface area contributed by atoms with Gasteiger partial charge in [0.15, 0.2) is 0 Å². The maximum atomic E-state index is 12.5. The molecule has 2 heterocycles. The number of amides is 1. The number of aryl methyl sites for hydroxylation is 1. The number of likely N-dealkylation sites (tertiary alicyclic amines) is 1. The van der Waals surface area contributed by atoms with E-state index in [9.17, 15) is 22.8 Å². The van der Waals surface area contributed by atoms with Gasteiger partial charge in [-0.25, -0.2) is 0 Å². The quantitative estimate of drug-likeness (QED) is 0.798. The summed E-state index contributed by atoms with van der Waals surface area (Å²) in [5.74, 6) is -0.230. The second-order valence-corrected chi connectivity index (χ2v) is 6.58. The summed E-state index contributed by atoms with van der Waals surface area (Å²) >= 11 is 0. The zero-order valence-corrected chi connectivity index (χ0v) is 15.3. The van der Waals surface area contributed by atoms with Crippen LogP contribution < -0.4 is 15.0 Å². The van der Waals surface area contributed by atoms with Crippen LogP contribution in [0.5, 0.6) is 11.5 Å². The Labute approximate surface area is 159 Å². The molecule has 0 N–H and O–H groups in total. The van der Waals surface area contributed by atoms with Gasteiger partial charge in [0.1, 0.15) is 17.6 Å². The van der Waals surface area contributed by atoms with Crippen LogP contribution in [0.1, 0.15) is 22.5 Å². The Kier molecular flexibility index (Phi) is 5.35. The molecule has 0 aliphatic carbocycles. The van der Waals surface area contributed by atoms with Crippen LogP contribution in [0, 0.1) is 6.92 Å². The van der Waals surface area contributed by atoms with Gasteiger partial charge < -0.3 is 18.9 Å². The van der Waals surface area contributed by atoms with Crippen LogP contribution in [0.3, 0.4) is 0 Å². The number of carbonyl (C=O) groups is 1. The summed E-state index contributed by atoms with van der Waals surface area (Å²) in [6, 6.07) is 7.95. The molecule has 1 saturated heterocycles. The van der Waals surface area contributed by atoms with Gasteiger partial charge in [-0.2, -0.15) is 0 Å². The summed E-state index contributed by atoms with van der Waals surface area (Å²) in [7, 11) is 1.67. The first kappa shape index (κ1) is 19.8. The van der Waals surface area contributed by atoms with E-state index in [0.29, 0.717) is 25.3 Å². The Bertz CT molecular complexity index is 922. The Morgan fingerprint density at radius 2 is 1.82 bits per heavy atom. The number of alkyl halides is 3. The number of hydrogen-bond acceptors (Lipinski definition) is 4. The molecule has 0 bridgehead atoms. The predicted octanol–water partition coefficient (Wildman–Crippen LogP) is 2.89. The molecule has 3 rings (SSSR count). The molecule has 1 atom stereocenters. The van der Waals surface area contributed by atoms with Crippen molar-refractivity contribution in [2.75, 3.05) is 13.1 Å². The number of benzene rings is 1. The monoisotopic (exact) mass is 396 g/mol. The summed E-state index contributed by atoms with van der Waals surface area (Å²) in [6.45, 7) is 2.58. The van der Waals surface area contributed by atoms with E-state index in [2.05, 4.69) is 4.74 Å². The summed E-state index contributed by atoms with van der Waals surface area (Å²) in [6.07, 6.45) is -4.44. The van der Waals surface area contributed by atoms with E-state index in [0.717, 1.165) is 17.8 Å². The fourth-order valence-electron chi connectivity index (χ4n) is 2.99. The third-order valence-corrected chi connectivity index (χ3v) is 4.55. The largest absolute Gasteiger partial charge is 0.573 e. The highest BCUT2D eigenvalue weighted by atomic mass is 19.4. The molecule has 0 radical (unpaired) electrons. The minimum Gasteiger partial charge on any atom is -0.488 e. The molecule has 1 aliphatic rings. The maximum absolute atomic E-state index is 12.5. The first-order chi connectivity index (χ1) is 13.1. The third-order valence-electron chi connectivity index (χ3n) is 4.55. The average Bonchev–Trinajstić information content (AvgIpc) is 3.06. The van der Waals surface area contributed by atoms with Crippen LogP contribution in [-0.2, 0) is 7.05 Å². The van der Waals surface area contributed by atoms with Crippen molar-refractivity contribution in [2.24, 2.45) is 7.05 Å². The van der Waals surface area contributed by atoms with Gasteiger partial charge in [-0.15, -0.1) is 13.2 Å². The van der Waals surface area contributed by atoms with Crippen molar-refractivity contribution in [3.05, 3.63) is 58.0 Å². The number of carbonyl (C=O) groups excluding carboxylic acids is 1. The summed E-state index contributed by atoms with van der Waals surface area (Å²) in [5, 5.41) is 0. The van der Waals surface area contributed by atoms with Crippen LogP contribution in [0.25, 0.3) is 0 Å². The Morgan fingerprint density at radius 1 is 1.14 bits per heavy atom. The topological polar surface area (TPSA) is 60.8 Å². The number of hydrogen-bond donors (Lipinski definition) is 0. The van der Waals surface area contributed by atoms with Gasteiger partial charge >= 0.3 is 6.36 Å². The lowest BCUT2D eigenvalue weighted by Gasteiger charge is -2.18. The van der Waals surface area contributed by atoms with E-state index < -0.39 is 6.36 Å². The fourth-order valence-corrected chi connectivity index (χ4v) is 2.99. The van der Waals surface area contributed by atoms with E-state index in [4.69, 9.17) is 4.74 Å². The van der Waals surface area contributed by atoms with Crippen LogP contribution in [0.15, 0.2) is 41.2 Å². The second kappa shape index (κ2) is 7.57. The summed E-state index contributed by atoms with van der Waals surface area (Å²) < 4.78 is 47.8. The molecule has 1 aliphatic heterocycles. The molecule has 1 amide bonds. The molecule has 1 aromatic carbocycles. The lowest BCUT2D eigenvalue weighted by molar-refractivity contribution is -0.274. The van der Waals surface area contributed by atoms with Crippen molar-refractivity contribution in [3.8, 4) is 11.5 Å². The zero-order valence-electron chi connectivity index (χ0n) is 15.3. The molecule has 9 heteroatoms. The highest BCUT2D eigenvalue weighted by Gasteiger charge is 2.32. The maximum Gasteiger partial charge on any atom is 0.573 e. The van der Waals surface area contributed by atoms with Gasteiger partial charge in [0.2, 0.25) is 0 Å². The molecule has 1 unspecified atom stereocenters. The van der Waals surface area contributed by atoms with Crippen molar-refractivity contribution < 1.29 is 27.4 Å². The lowest BCUT2D eigenvalue weighted by Crippen LogP contribution is -2.31. The number of pyridine rings is 1. The Morgan fingerprint density at radius 3 is 2.43 bits per heavy atom. The molecule has 0 spiro atoms. The molecule has 150 valence electrons. The Hall–Kier alpha value is -2.97. The Balaban J connectivity index is 1.62. The zero-order chi connectivity index (χ0) is 20.5. The average molecular weight is 396 g/mol. The van der Waals surface area contributed by atoms with E-state index in [1.165, 1.54) is 22.8 Å². The number of aromatic nitrogens is 1. The van der Waals surface area contributed by atoms with Crippen LogP contribution in [-0.4, -0.2) is 40.9 Å². The smallest absolute Gasteiger partial charge is 0.488 e. The van der Waals surface area contributed by atoms with E-state index in [1.807, 2.05) is 0 Å². The molecule has 28 heavy (non-hydrogen) atoms. The SMILES string of the molecule is Cc1cc(OC2CCN(C(=O)c3ccc(OC(F)(F)F)cc3)C2)cc(=O)n1C. The van der Waals surface area contributed by atoms with E-state index in [1.54, 1.807) is 24.9 Å². The van der Waals surface area contributed by atoms with Crippen molar-refractivity contribution >= 4 is 5.91 Å². The number of nitrogens with zero attached hydrogens (tertiary/aromatic N) is 2. The van der Waals surface area contributed by atoms with Gasteiger partial charge in [-0.1, -0.05) is 0 Å². The van der Waals surface area contributed by atoms with Gasteiger partial charge in [-0.3, -0.25) is 9.59 Å². The van der Waals surface area contributed by atoms with Gasteiger partial charge in [-0.05, 0) is 37.3 Å². The predicted molar refractivity (Wildman–Crippen MR) is 94.5 cm³/mol. The number of halogens is 3. The normalized spacial score (nSPS) is 16.9. The molecular weight excluding hydrogens is 377 g/mol. The fraction of sp³-hybridized carbons (Fsp3) is 0.368. The van der Waals surface area contributed by atoms with E-state index >= 15 is 0 Å².